The van der Waals surface area contributed by atoms with Crippen molar-refractivity contribution in [3.8, 4) is 0 Å². The number of carbonyl (C=O) groups is 2. The van der Waals surface area contributed by atoms with E-state index in [-0.39, 0.29) is 28.8 Å². The van der Waals surface area contributed by atoms with E-state index in [4.69, 9.17) is 5.73 Å². The van der Waals surface area contributed by atoms with Gasteiger partial charge in [0.25, 0.3) is 11.1 Å². The van der Waals surface area contributed by atoms with Gasteiger partial charge < -0.3 is 5.73 Å². The molecule has 100 valence electrons. The van der Waals surface area contributed by atoms with Crippen LogP contribution in [0.2, 0.25) is 0 Å². The Hall–Kier alpha value is -1.18. The molecule has 1 fully saturated rings. The number of nitrogens with zero attached hydrogens (tertiary/aromatic N) is 1. The predicted octanol–water partition coefficient (Wildman–Crippen LogP) is 2.58. The lowest BCUT2D eigenvalue weighted by atomic mass is 10.2. The maximum absolute atomic E-state index is 13.7. The Kier molecular flexibility index (Phi) is 4.38. The number of amides is 2. The highest BCUT2D eigenvalue weighted by molar-refractivity contribution is 9.10. The van der Waals surface area contributed by atoms with E-state index in [2.05, 4.69) is 15.9 Å². The first-order chi connectivity index (χ1) is 9.02. The third kappa shape index (κ3) is 3.05. The van der Waals surface area contributed by atoms with Gasteiger partial charge in [-0.1, -0.05) is 22.0 Å². The first-order valence-corrected chi connectivity index (χ1v) is 7.04. The second-order valence-electron chi connectivity index (χ2n) is 3.79. The van der Waals surface area contributed by atoms with Gasteiger partial charge in [-0.15, -0.1) is 0 Å². The highest BCUT2D eigenvalue weighted by atomic mass is 79.9. The molecule has 0 spiro atoms. The van der Waals surface area contributed by atoms with E-state index in [1.807, 2.05) is 0 Å². The van der Waals surface area contributed by atoms with E-state index in [1.165, 1.54) is 18.2 Å². The zero-order valence-electron chi connectivity index (χ0n) is 9.73. The minimum atomic E-state index is -0.458. The molecule has 7 heteroatoms. The van der Waals surface area contributed by atoms with Gasteiger partial charge in [0.2, 0.25) is 0 Å². The molecule has 19 heavy (non-hydrogen) atoms. The van der Waals surface area contributed by atoms with Gasteiger partial charge in [0.05, 0.1) is 4.91 Å². The van der Waals surface area contributed by atoms with Gasteiger partial charge in [0, 0.05) is 23.1 Å². The number of nitrogens with two attached hydrogens (primary N) is 1. The van der Waals surface area contributed by atoms with Gasteiger partial charge in [-0.3, -0.25) is 14.5 Å². The Balaban J connectivity index is 2.30. The van der Waals surface area contributed by atoms with Gasteiger partial charge in [-0.05, 0) is 30.0 Å². The average molecular weight is 345 g/mol. The maximum atomic E-state index is 13.7. The van der Waals surface area contributed by atoms with Crippen molar-refractivity contribution in [2.75, 3.05) is 13.1 Å². The smallest absolute Gasteiger partial charge is 0.293 e. The number of hydrogen-bond donors (Lipinski definition) is 1. The summed E-state index contributed by atoms with van der Waals surface area (Å²) >= 11 is 3.95. The van der Waals surface area contributed by atoms with Gasteiger partial charge in [0.1, 0.15) is 5.82 Å². The van der Waals surface area contributed by atoms with Crippen LogP contribution in [0.15, 0.2) is 27.6 Å². The summed E-state index contributed by atoms with van der Waals surface area (Å²) in [5.74, 6) is -0.886. The summed E-state index contributed by atoms with van der Waals surface area (Å²) in [5.41, 5.74) is 5.60. The van der Waals surface area contributed by atoms with Crippen molar-refractivity contribution in [3.05, 3.63) is 39.0 Å². The number of benzene rings is 1. The van der Waals surface area contributed by atoms with Crippen molar-refractivity contribution in [2.45, 2.75) is 0 Å². The summed E-state index contributed by atoms with van der Waals surface area (Å²) in [6, 6.07) is 4.51. The van der Waals surface area contributed by atoms with Crippen LogP contribution < -0.4 is 5.73 Å². The molecule has 0 bridgehead atoms. The second kappa shape index (κ2) is 5.85. The molecule has 2 N–H and O–H groups in total. The van der Waals surface area contributed by atoms with Crippen molar-refractivity contribution in [3.63, 3.8) is 0 Å². The highest BCUT2D eigenvalue weighted by Crippen LogP contribution is 2.32. The Morgan fingerprint density at radius 1 is 1.42 bits per heavy atom. The number of halogens is 2. The molecule has 0 aliphatic carbocycles. The van der Waals surface area contributed by atoms with Crippen LogP contribution in [0.3, 0.4) is 0 Å². The fourth-order valence-corrected chi connectivity index (χ4v) is 2.77. The van der Waals surface area contributed by atoms with Gasteiger partial charge >= 0.3 is 0 Å². The van der Waals surface area contributed by atoms with Crippen LogP contribution in [-0.2, 0) is 4.79 Å². The van der Waals surface area contributed by atoms with Crippen molar-refractivity contribution in [2.24, 2.45) is 5.73 Å². The lowest BCUT2D eigenvalue weighted by molar-refractivity contribution is -0.122. The summed E-state index contributed by atoms with van der Waals surface area (Å²) in [6.45, 7) is 0.378. The average Bonchev–Trinajstić information content (AvgIpc) is 2.61. The number of hydrogen-bond acceptors (Lipinski definition) is 4. The summed E-state index contributed by atoms with van der Waals surface area (Å²) in [6.07, 6.45) is 1.38. The van der Waals surface area contributed by atoms with Gasteiger partial charge in [0.15, 0.2) is 0 Å². The summed E-state index contributed by atoms with van der Waals surface area (Å²) in [7, 11) is 0. The molecule has 2 amide bonds. The Bertz CT molecular complexity index is 577. The van der Waals surface area contributed by atoms with Crippen molar-refractivity contribution < 1.29 is 14.0 Å². The molecule has 0 saturated carbocycles. The Morgan fingerprint density at radius 3 is 2.79 bits per heavy atom. The van der Waals surface area contributed by atoms with Crippen LogP contribution in [0.25, 0.3) is 6.08 Å². The summed E-state index contributed by atoms with van der Waals surface area (Å²) in [5, 5.41) is -0.376. The van der Waals surface area contributed by atoms with E-state index in [9.17, 15) is 14.0 Å². The lowest BCUT2D eigenvalue weighted by Gasteiger charge is -2.09. The number of imide groups is 1. The molecule has 1 heterocycles. The van der Waals surface area contributed by atoms with Gasteiger partial charge in [-0.2, -0.15) is 0 Å². The second-order valence-corrected chi connectivity index (χ2v) is 5.70. The highest BCUT2D eigenvalue weighted by Gasteiger charge is 2.34. The van der Waals surface area contributed by atoms with Crippen LogP contribution >= 0.6 is 27.7 Å². The van der Waals surface area contributed by atoms with Crippen LogP contribution in [0.4, 0.5) is 9.18 Å². The summed E-state index contributed by atoms with van der Waals surface area (Å²) in [4.78, 5) is 24.8. The molecule has 4 nitrogen and oxygen atoms in total. The van der Waals surface area contributed by atoms with E-state index >= 15 is 0 Å². The van der Waals surface area contributed by atoms with Crippen LogP contribution in [0.1, 0.15) is 5.56 Å². The van der Waals surface area contributed by atoms with Crippen molar-refractivity contribution in [1.29, 1.82) is 0 Å². The zero-order chi connectivity index (χ0) is 14.0. The quantitative estimate of drug-likeness (QED) is 0.856. The molecule has 0 unspecified atom stereocenters. The Morgan fingerprint density at radius 2 is 2.16 bits per heavy atom. The monoisotopic (exact) mass is 344 g/mol. The van der Waals surface area contributed by atoms with E-state index in [0.717, 1.165) is 16.7 Å². The van der Waals surface area contributed by atoms with E-state index < -0.39 is 11.7 Å². The van der Waals surface area contributed by atoms with Crippen LogP contribution in [-0.4, -0.2) is 29.1 Å². The van der Waals surface area contributed by atoms with E-state index in [0.29, 0.717) is 4.47 Å². The standard InChI is InChI=1S/C12H10BrFN2O2S/c13-8-2-1-7(9(14)6-8)5-10-11(17)16(4-3-15)12(18)19-10/h1-2,5-6H,3-4,15H2/b10-5-. The predicted molar refractivity (Wildman–Crippen MR) is 75.8 cm³/mol. The lowest BCUT2D eigenvalue weighted by Crippen LogP contribution is -2.33. The fraction of sp³-hybridized carbons (Fsp3) is 0.167. The largest absolute Gasteiger partial charge is 0.329 e. The van der Waals surface area contributed by atoms with Crippen LogP contribution in [0, 0.1) is 5.82 Å². The fourth-order valence-electron chi connectivity index (χ4n) is 1.58. The van der Waals surface area contributed by atoms with Crippen molar-refractivity contribution in [1.82, 2.24) is 4.90 Å². The Labute approximate surface area is 122 Å². The molecule has 2 rings (SSSR count). The molecule has 1 saturated heterocycles. The molecule has 0 aromatic heterocycles. The maximum Gasteiger partial charge on any atom is 0.293 e. The minimum absolute atomic E-state index is 0.171. The molecule has 1 aliphatic heterocycles. The number of thioether (sulfide) groups is 1. The topological polar surface area (TPSA) is 63.4 Å². The van der Waals surface area contributed by atoms with Gasteiger partial charge in [-0.25, -0.2) is 4.39 Å². The number of rotatable bonds is 3. The summed E-state index contributed by atoms with van der Waals surface area (Å²) < 4.78 is 14.3. The molecular formula is C12H10BrFN2O2S. The third-order valence-corrected chi connectivity index (χ3v) is 3.88. The molecule has 1 aromatic carbocycles. The normalized spacial score (nSPS) is 17.6. The van der Waals surface area contributed by atoms with Crippen LogP contribution in [0.5, 0.6) is 0 Å². The third-order valence-electron chi connectivity index (χ3n) is 2.48. The first kappa shape index (κ1) is 14.2. The number of carbonyl (C=O) groups excluding carboxylic acids is 2. The SMILES string of the molecule is NCCN1C(=O)S/C(=C\c2ccc(Br)cc2F)C1=O. The molecule has 0 radical (unpaired) electrons. The molecule has 1 aromatic rings. The zero-order valence-corrected chi connectivity index (χ0v) is 12.1. The minimum Gasteiger partial charge on any atom is -0.329 e. The molecule has 0 atom stereocenters. The van der Waals surface area contributed by atoms with E-state index in [1.54, 1.807) is 6.07 Å². The molecule has 1 aliphatic rings. The first-order valence-electron chi connectivity index (χ1n) is 5.43. The van der Waals surface area contributed by atoms with Crippen molar-refractivity contribution >= 4 is 44.9 Å². The molecular weight excluding hydrogens is 335 g/mol.